The molecule has 2 rings (SSSR count). The van der Waals surface area contributed by atoms with E-state index >= 15 is 0 Å². The summed E-state index contributed by atoms with van der Waals surface area (Å²) in [6, 6.07) is 0.597. The largest absolute Gasteiger partial charge is 0.343 e. The maximum Gasteiger partial charge on any atom is 0.205 e. The van der Waals surface area contributed by atoms with Crippen LogP contribution >= 0.6 is 27.5 Å². The number of aryl methyl sites for hydroxylation is 1. The van der Waals surface area contributed by atoms with Crippen LogP contribution in [0.2, 0.25) is 0 Å². The van der Waals surface area contributed by atoms with E-state index in [-0.39, 0.29) is 0 Å². The molecule has 0 aromatic carbocycles. The zero-order valence-corrected chi connectivity index (χ0v) is 12.8. The van der Waals surface area contributed by atoms with Gasteiger partial charge in [-0.2, -0.15) is 4.37 Å². The molecular formula is C12H20BrN3S. The second-order valence-corrected chi connectivity index (χ2v) is 5.97. The van der Waals surface area contributed by atoms with E-state index in [4.69, 9.17) is 0 Å². The molecule has 1 aromatic rings. The van der Waals surface area contributed by atoms with Gasteiger partial charge in [-0.1, -0.05) is 35.7 Å². The summed E-state index contributed by atoms with van der Waals surface area (Å²) in [6.07, 6.45) is 7.37. The van der Waals surface area contributed by atoms with Gasteiger partial charge in [-0.3, -0.25) is 0 Å². The SMILES string of the molecule is CCCc1nsc(N2CCCCCC2CBr)n1. The Balaban J connectivity index is 2.10. The average molecular weight is 318 g/mol. The molecule has 1 saturated heterocycles. The first-order valence-electron chi connectivity index (χ1n) is 6.50. The molecule has 0 N–H and O–H groups in total. The van der Waals surface area contributed by atoms with Gasteiger partial charge < -0.3 is 4.90 Å². The molecule has 17 heavy (non-hydrogen) atoms. The summed E-state index contributed by atoms with van der Waals surface area (Å²) in [5.74, 6) is 1.02. The number of anilines is 1. The predicted molar refractivity (Wildman–Crippen MR) is 77.3 cm³/mol. The molecule has 0 bridgehead atoms. The van der Waals surface area contributed by atoms with Gasteiger partial charge in [-0.05, 0) is 19.3 Å². The van der Waals surface area contributed by atoms with Gasteiger partial charge >= 0.3 is 0 Å². The van der Waals surface area contributed by atoms with Crippen molar-refractivity contribution in [1.29, 1.82) is 0 Å². The molecule has 5 heteroatoms. The standard InChI is InChI=1S/C12H20BrN3S/c1-2-6-11-14-12(17-15-11)16-8-5-3-4-7-10(16)9-13/h10H,2-9H2,1H3. The van der Waals surface area contributed by atoms with Crippen molar-refractivity contribution in [3.63, 3.8) is 0 Å². The van der Waals surface area contributed by atoms with Gasteiger partial charge in [-0.25, -0.2) is 4.98 Å². The summed E-state index contributed by atoms with van der Waals surface area (Å²) in [5, 5.41) is 2.16. The summed E-state index contributed by atoms with van der Waals surface area (Å²) in [6.45, 7) is 3.31. The van der Waals surface area contributed by atoms with Crippen molar-refractivity contribution in [3.8, 4) is 0 Å². The minimum atomic E-state index is 0.597. The Hall–Kier alpha value is -0.160. The van der Waals surface area contributed by atoms with Crippen molar-refractivity contribution in [3.05, 3.63) is 5.82 Å². The molecule has 96 valence electrons. The molecule has 0 spiro atoms. The van der Waals surface area contributed by atoms with E-state index < -0.39 is 0 Å². The number of rotatable bonds is 4. The van der Waals surface area contributed by atoms with Crippen LogP contribution in [0.3, 0.4) is 0 Å². The second-order valence-electron chi connectivity index (χ2n) is 4.59. The molecule has 1 fully saturated rings. The number of hydrogen-bond donors (Lipinski definition) is 0. The molecule has 0 amide bonds. The minimum absolute atomic E-state index is 0.597. The lowest BCUT2D eigenvalue weighted by atomic mass is 10.1. The number of alkyl halides is 1. The smallest absolute Gasteiger partial charge is 0.205 e. The van der Waals surface area contributed by atoms with E-state index in [0.29, 0.717) is 6.04 Å². The molecule has 3 nitrogen and oxygen atoms in total. The maximum atomic E-state index is 4.68. The van der Waals surface area contributed by atoms with E-state index in [1.54, 1.807) is 11.5 Å². The van der Waals surface area contributed by atoms with Crippen molar-refractivity contribution >= 4 is 32.6 Å². The van der Waals surface area contributed by atoms with E-state index in [1.165, 1.54) is 25.7 Å². The maximum absolute atomic E-state index is 4.68. The average Bonchev–Trinajstić information content (AvgIpc) is 2.66. The van der Waals surface area contributed by atoms with Crippen molar-refractivity contribution < 1.29 is 0 Å². The minimum Gasteiger partial charge on any atom is -0.343 e. The number of halogens is 1. The monoisotopic (exact) mass is 317 g/mol. The lowest BCUT2D eigenvalue weighted by Crippen LogP contribution is -2.36. The van der Waals surface area contributed by atoms with E-state index in [1.807, 2.05) is 0 Å². The van der Waals surface area contributed by atoms with Gasteiger partial charge in [-0.15, -0.1) is 0 Å². The zero-order chi connectivity index (χ0) is 12.1. The van der Waals surface area contributed by atoms with Crippen LogP contribution in [-0.4, -0.2) is 27.3 Å². The number of aromatic nitrogens is 2. The van der Waals surface area contributed by atoms with Crippen LogP contribution in [-0.2, 0) is 6.42 Å². The summed E-state index contributed by atoms with van der Waals surface area (Å²) in [4.78, 5) is 7.13. The fourth-order valence-electron chi connectivity index (χ4n) is 2.28. The van der Waals surface area contributed by atoms with Gasteiger partial charge in [0, 0.05) is 35.9 Å². The van der Waals surface area contributed by atoms with Crippen LogP contribution in [0.15, 0.2) is 0 Å². The lowest BCUT2D eigenvalue weighted by Gasteiger charge is -2.27. The predicted octanol–water partition coefficient (Wildman–Crippen LogP) is 3.63. The molecule has 0 aliphatic carbocycles. The van der Waals surface area contributed by atoms with Gasteiger partial charge in [0.05, 0.1) is 0 Å². The Bertz CT molecular complexity index is 342. The first kappa shape index (κ1) is 13.3. The Morgan fingerprint density at radius 1 is 1.41 bits per heavy atom. The van der Waals surface area contributed by atoms with E-state index in [2.05, 4.69) is 37.1 Å². The zero-order valence-electron chi connectivity index (χ0n) is 10.4. The van der Waals surface area contributed by atoms with Crippen molar-refractivity contribution in [2.45, 2.75) is 51.5 Å². The molecule has 1 aliphatic heterocycles. The van der Waals surface area contributed by atoms with Crippen LogP contribution in [0.25, 0.3) is 0 Å². The molecule has 1 aliphatic rings. The Kier molecular flexibility index (Phi) is 5.22. The highest BCUT2D eigenvalue weighted by Crippen LogP contribution is 2.26. The Morgan fingerprint density at radius 2 is 2.29 bits per heavy atom. The van der Waals surface area contributed by atoms with Crippen LogP contribution in [0.4, 0.5) is 5.13 Å². The second kappa shape index (κ2) is 6.69. The van der Waals surface area contributed by atoms with Crippen LogP contribution in [0.5, 0.6) is 0 Å². The van der Waals surface area contributed by atoms with Gasteiger partial charge in [0.1, 0.15) is 5.82 Å². The van der Waals surface area contributed by atoms with Crippen LogP contribution < -0.4 is 4.90 Å². The third kappa shape index (κ3) is 3.41. The molecule has 1 unspecified atom stereocenters. The van der Waals surface area contributed by atoms with E-state index in [9.17, 15) is 0 Å². The van der Waals surface area contributed by atoms with Crippen LogP contribution in [0, 0.1) is 0 Å². The molecular weight excluding hydrogens is 298 g/mol. The summed E-state index contributed by atoms with van der Waals surface area (Å²) >= 11 is 5.20. The highest BCUT2D eigenvalue weighted by Gasteiger charge is 2.23. The fourth-order valence-corrected chi connectivity index (χ4v) is 3.76. The first-order valence-corrected chi connectivity index (χ1v) is 8.39. The first-order chi connectivity index (χ1) is 8.35. The third-order valence-corrected chi connectivity index (χ3v) is 4.77. The summed E-state index contributed by atoms with van der Waals surface area (Å²) in [5.41, 5.74) is 0. The normalized spacial score (nSPS) is 21.5. The third-order valence-electron chi connectivity index (χ3n) is 3.23. The van der Waals surface area contributed by atoms with Crippen molar-refractivity contribution in [1.82, 2.24) is 9.36 Å². The molecule has 0 saturated carbocycles. The van der Waals surface area contributed by atoms with Gasteiger partial charge in [0.15, 0.2) is 0 Å². The van der Waals surface area contributed by atoms with E-state index in [0.717, 1.165) is 35.7 Å². The highest BCUT2D eigenvalue weighted by molar-refractivity contribution is 9.09. The lowest BCUT2D eigenvalue weighted by molar-refractivity contribution is 0.624. The quantitative estimate of drug-likeness (QED) is 0.794. The summed E-state index contributed by atoms with van der Waals surface area (Å²) < 4.78 is 4.45. The molecule has 2 heterocycles. The Morgan fingerprint density at radius 3 is 3.06 bits per heavy atom. The Labute approximate surface area is 116 Å². The number of hydrogen-bond acceptors (Lipinski definition) is 4. The number of nitrogens with zero attached hydrogens (tertiary/aromatic N) is 3. The summed E-state index contributed by atoms with van der Waals surface area (Å²) in [7, 11) is 0. The van der Waals surface area contributed by atoms with Crippen molar-refractivity contribution in [2.24, 2.45) is 0 Å². The van der Waals surface area contributed by atoms with Crippen molar-refractivity contribution in [2.75, 3.05) is 16.8 Å². The molecule has 0 radical (unpaired) electrons. The molecule has 1 aromatic heterocycles. The van der Waals surface area contributed by atoms with Gasteiger partial charge in [0.2, 0.25) is 5.13 Å². The topological polar surface area (TPSA) is 29.0 Å². The fraction of sp³-hybridized carbons (Fsp3) is 0.833. The molecule has 1 atom stereocenters. The van der Waals surface area contributed by atoms with Gasteiger partial charge in [0.25, 0.3) is 0 Å². The highest BCUT2D eigenvalue weighted by atomic mass is 79.9. The van der Waals surface area contributed by atoms with Crippen LogP contribution in [0.1, 0.15) is 44.9 Å².